The summed E-state index contributed by atoms with van der Waals surface area (Å²) in [7, 11) is 1.46. The van der Waals surface area contributed by atoms with E-state index in [9.17, 15) is 4.79 Å². The van der Waals surface area contributed by atoms with Crippen LogP contribution >= 0.6 is 0 Å². The van der Waals surface area contributed by atoms with E-state index in [-0.39, 0.29) is 5.56 Å². The van der Waals surface area contributed by atoms with Crippen molar-refractivity contribution < 1.29 is 19.4 Å². The van der Waals surface area contributed by atoms with Crippen molar-refractivity contribution in [3.8, 4) is 5.75 Å². The molecule has 0 fully saturated rings. The lowest BCUT2D eigenvalue weighted by Crippen LogP contribution is -2.03. The van der Waals surface area contributed by atoms with Crippen LogP contribution in [-0.4, -0.2) is 24.8 Å². The second-order valence-corrected chi connectivity index (χ2v) is 4.57. The molecule has 0 saturated heterocycles. The first-order chi connectivity index (χ1) is 8.54. The minimum atomic E-state index is -0.987. The van der Waals surface area contributed by atoms with Gasteiger partial charge in [0.1, 0.15) is 11.3 Å². The first-order valence-electron chi connectivity index (χ1n) is 6.02. The van der Waals surface area contributed by atoms with Crippen molar-refractivity contribution in [2.24, 2.45) is 5.92 Å². The van der Waals surface area contributed by atoms with Gasteiger partial charge in [-0.2, -0.15) is 0 Å². The molecule has 1 aromatic rings. The van der Waals surface area contributed by atoms with Crippen molar-refractivity contribution in [3.05, 3.63) is 29.3 Å². The van der Waals surface area contributed by atoms with Crippen LogP contribution in [0.5, 0.6) is 5.75 Å². The Hall–Kier alpha value is -1.55. The second kappa shape index (κ2) is 7.01. The zero-order valence-electron chi connectivity index (χ0n) is 11.1. The second-order valence-electron chi connectivity index (χ2n) is 4.57. The number of hydrogen-bond acceptors (Lipinski definition) is 3. The molecule has 1 aromatic carbocycles. The van der Waals surface area contributed by atoms with Gasteiger partial charge in [0.05, 0.1) is 13.7 Å². The first kappa shape index (κ1) is 14.5. The Bertz CT molecular complexity index is 399. The molecule has 0 spiro atoms. The molecule has 100 valence electrons. The van der Waals surface area contributed by atoms with Crippen LogP contribution in [0.25, 0.3) is 0 Å². The van der Waals surface area contributed by atoms with E-state index >= 15 is 0 Å². The third kappa shape index (κ3) is 4.37. The molecular weight excluding hydrogens is 232 g/mol. The topological polar surface area (TPSA) is 55.8 Å². The van der Waals surface area contributed by atoms with Crippen molar-refractivity contribution in [2.75, 3.05) is 13.7 Å². The van der Waals surface area contributed by atoms with Crippen molar-refractivity contribution in [1.29, 1.82) is 0 Å². The van der Waals surface area contributed by atoms with Gasteiger partial charge in [-0.25, -0.2) is 4.79 Å². The van der Waals surface area contributed by atoms with Crippen LogP contribution in [0.1, 0.15) is 36.2 Å². The summed E-state index contributed by atoms with van der Waals surface area (Å²) < 4.78 is 10.6. The fourth-order valence-corrected chi connectivity index (χ4v) is 1.51. The number of aromatic carboxylic acids is 1. The largest absolute Gasteiger partial charge is 0.496 e. The Kier molecular flexibility index (Phi) is 5.65. The summed E-state index contributed by atoms with van der Waals surface area (Å²) in [6.07, 6.45) is 1.02. The van der Waals surface area contributed by atoms with Crippen molar-refractivity contribution in [1.82, 2.24) is 0 Å². The number of carbonyl (C=O) groups is 1. The lowest BCUT2D eigenvalue weighted by atomic mass is 10.1. The highest BCUT2D eigenvalue weighted by Crippen LogP contribution is 2.20. The molecule has 0 aromatic heterocycles. The summed E-state index contributed by atoms with van der Waals surface area (Å²) in [5.41, 5.74) is 1.09. The van der Waals surface area contributed by atoms with E-state index in [2.05, 4.69) is 13.8 Å². The third-order valence-corrected chi connectivity index (χ3v) is 2.60. The molecule has 0 amide bonds. The average molecular weight is 252 g/mol. The Morgan fingerprint density at radius 1 is 1.39 bits per heavy atom. The smallest absolute Gasteiger partial charge is 0.339 e. The molecular formula is C14H20O4. The van der Waals surface area contributed by atoms with Gasteiger partial charge in [0.15, 0.2) is 0 Å². The van der Waals surface area contributed by atoms with Crippen molar-refractivity contribution in [3.63, 3.8) is 0 Å². The Labute approximate surface area is 108 Å². The molecule has 0 aliphatic heterocycles. The van der Waals surface area contributed by atoms with Crippen LogP contribution in [-0.2, 0) is 11.3 Å². The highest BCUT2D eigenvalue weighted by Gasteiger charge is 2.11. The minimum Gasteiger partial charge on any atom is -0.496 e. The number of ether oxygens (including phenoxy) is 2. The molecule has 1 N–H and O–H groups in total. The van der Waals surface area contributed by atoms with E-state index in [1.807, 2.05) is 0 Å². The molecule has 0 radical (unpaired) electrons. The standard InChI is InChI=1S/C14H20O4/c1-10(2)6-7-18-9-11-4-5-12(14(15)16)13(8-11)17-3/h4-5,8,10H,6-7,9H2,1-3H3,(H,15,16). The maximum atomic E-state index is 10.9. The highest BCUT2D eigenvalue weighted by molar-refractivity contribution is 5.90. The Morgan fingerprint density at radius 3 is 2.67 bits per heavy atom. The summed E-state index contributed by atoms with van der Waals surface area (Å²) >= 11 is 0. The maximum Gasteiger partial charge on any atom is 0.339 e. The van der Waals surface area contributed by atoms with Crippen LogP contribution in [0.4, 0.5) is 0 Å². The van der Waals surface area contributed by atoms with E-state index in [1.54, 1.807) is 18.2 Å². The fraction of sp³-hybridized carbons (Fsp3) is 0.500. The van der Waals surface area contributed by atoms with Gasteiger partial charge in [-0.05, 0) is 30.0 Å². The zero-order valence-corrected chi connectivity index (χ0v) is 11.1. The van der Waals surface area contributed by atoms with Crippen LogP contribution in [0.15, 0.2) is 18.2 Å². The first-order valence-corrected chi connectivity index (χ1v) is 6.02. The molecule has 0 heterocycles. The predicted octanol–water partition coefficient (Wildman–Crippen LogP) is 2.96. The Balaban J connectivity index is 2.60. The maximum absolute atomic E-state index is 10.9. The van der Waals surface area contributed by atoms with Crippen LogP contribution in [0.3, 0.4) is 0 Å². The highest BCUT2D eigenvalue weighted by atomic mass is 16.5. The number of hydrogen-bond donors (Lipinski definition) is 1. The molecule has 0 bridgehead atoms. The third-order valence-electron chi connectivity index (χ3n) is 2.60. The number of carboxylic acids is 1. The van der Waals surface area contributed by atoms with Crippen molar-refractivity contribution >= 4 is 5.97 Å². The molecule has 0 aliphatic carbocycles. The molecule has 0 aliphatic rings. The van der Waals surface area contributed by atoms with Crippen molar-refractivity contribution in [2.45, 2.75) is 26.9 Å². The van der Waals surface area contributed by atoms with E-state index in [4.69, 9.17) is 14.6 Å². The molecule has 0 unspecified atom stereocenters. The van der Waals surface area contributed by atoms with Gasteiger partial charge in [-0.3, -0.25) is 0 Å². The quantitative estimate of drug-likeness (QED) is 0.758. The summed E-state index contributed by atoms with van der Waals surface area (Å²) in [5, 5.41) is 8.95. The van der Waals surface area contributed by atoms with Crippen LogP contribution < -0.4 is 4.74 Å². The Morgan fingerprint density at radius 2 is 2.11 bits per heavy atom. The predicted molar refractivity (Wildman–Crippen MR) is 69.1 cm³/mol. The van der Waals surface area contributed by atoms with E-state index in [0.29, 0.717) is 24.9 Å². The van der Waals surface area contributed by atoms with Crippen LogP contribution in [0, 0.1) is 5.92 Å². The summed E-state index contributed by atoms with van der Waals surface area (Å²) in [6.45, 7) is 5.48. The summed E-state index contributed by atoms with van der Waals surface area (Å²) in [5.74, 6) is 0.000471. The molecule has 4 heteroatoms. The molecule has 1 rings (SSSR count). The molecule has 0 atom stereocenters. The van der Waals surface area contributed by atoms with Gasteiger partial charge < -0.3 is 14.6 Å². The lowest BCUT2D eigenvalue weighted by molar-refractivity contribution is 0.0693. The van der Waals surface area contributed by atoms with Gasteiger partial charge in [0, 0.05) is 6.61 Å². The molecule has 4 nitrogen and oxygen atoms in total. The zero-order chi connectivity index (χ0) is 13.5. The number of benzene rings is 1. The molecule has 0 saturated carbocycles. The minimum absolute atomic E-state index is 0.170. The van der Waals surface area contributed by atoms with Gasteiger partial charge >= 0.3 is 5.97 Å². The van der Waals surface area contributed by atoms with Gasteiger partial charge in [0.2, 0.25) is 0 Å². The van der Waals surface area contributed by atoms with Crippen LogP contribution in [0.2, 0.25) is 0 Å². The van der Waals surface area contributed by atoms with Gasteiger partial charge in [0.25, 0.3) is 0 Å². The molecule has 18 heavy (non-hydrogen) atoms. The fourth-order valence-electron chi connectivity index (χ4n) is 1.51. The summed E-state index contributed by atoms with van der Waals surface area (Å²) in [6, 6.07) is 5.00. The van der Waals surface area contributed by atoms with Gasteiger partial charge in [-0.15, -0.1) is 0 Å². The average Bonchev–Trinajstić information content (AvgIpc) is 2.33. The van der Waals surface area contributed by atoms with E-state index < -0.39 is 5.97 Å². The number of methoxy groups -OCH3 is 1. The lowest BCUT2D eigenvalue weighted by Gasteiger charge is -2.09. The number of carboxylic acid groups (broad SMARTS) is 1. The normalized spacial score (nSPS) is 10.7. The number of rotatable bonds is 7. The SMILES string of the molecule is COc1cc(COCCC(C)C)ccc1C(=O)O. The van der Waals surface area contributed by atoms with Gasteiger partial charge in [-0.1, -0.05) is 19.9 Å². The summed E-state index contributed by atoms with van der Waals surface area (Å²) in [4.78, 5) is 10.9. The monoisotopic (exact) mass is 252 g/mol. The van der Waals surface area contributed by atoms with E-state index in [0.717, 1.165) is 12.0 Å². The van der Waals surface area contributed by atoms with E-state index in [1.165, 1.54) is 7.11 Å².